The second-order valence-corrected chi connectivity index (χ2v) is 5.38. The summed E-state index contributed by atoms with van der Waals surface area (Å²) in [5, 5.41) is 12.3. The lowest BCUT2D eigenvalue weighted by Crippen LogP contribution is -2.09. The summed E-state index contributed by atoms with van der Waals surface area (Å²) in [6.45, 7) is 6.64. The number of nitriles is 1. The Morgan fingerprint density at radius 3 is 2.89 bits per heavy atom. The maximum Gasteiger partial charge on any atom is 0.103 e. The Balaban J connectivity index is 2.32. The average molecular weight is 311 g/mol. The molecule has 1 N–H and O–H groups in total. The topological polar surface area (TPSA) is 45.0 Å². The maximum atomic E-state index is 9.06. The second-order valence-electron chi connectivity index (χ2n) is 4.52. The van der Waals surface area contributed by atoms with Gasteiger partial charge in [-0.05, 0) is 40.4 Å². The number of rotatable bonds is 7. The fraction of sp³-hybridized carbons (Fsp3) is 0.500. The van der Waals surface area contributed by atoms with E-state index in [0.717, 1.165) is 36.3 Å². The van der Waals surface area contributed by atoms with Crippen LogP contribution in [-0.4, -0.2) is 19.8 Å². The summed E-state index contributed by atoms with van der Waals surface area (Å²) in [5.41, 5.74) is 1.52. The van der Waals surface area contributed by atoms with Gasteiger partial charge in [0.2, 0.25) is 0 Å². The first-order valence-corrected chi connectivity index (χ1v) is 6.94. The van der Waals surface area contributed by atoms with Gasteiger partial charge in [-0.3, -0.25) is 0 Å². The van der Waals surface area contributed by atoms with E-state index < -0.39 is 0 Å². The van der Waals surface area contributed by atoms with Gasteiger partial charge in [-0.2, -0.15) is 5.26 Å². The summed E-state index contributed by atoms with van der Waals surface area (Å²) in [4.78, 5) is 0. The first-order valence-electron chi connectivity index (χ1n) is 6.15. The first-order chi connectivity index (χ1) is 8.65. The van der Waals surface area contributed by atoms with Crippen LogP contribution in [0.15, 0.2) is 22.7 Å². The normalized spacial score (nSPS) is 10.4. The van der Waals surface area contributed by atoms with Crippen molar-refractivity contribution in [2.45, 2.75) is 20.3 Å². The molecule has 0 fully saturated rings. The summed E-state index contributed by atoms with van der Waals surface area (Å²) in [5.74, 6) is 0.577. The summed E-state index contributed by atoms with van der Waals surface area (Å²) in [7, 11) is 0. The number of benzene rings is 1. The lowest BCUT2D eigenvalue weighted by molar-refractivity contribution is 0.110. The fourth-order valence-electron chi connectivity index (χ4n) is 1.50. The van der Waals surface area contributed by atoms with E-state index in [4.69, 9.17) is 10.00 Å². The lowest BCUT2D eigenvalue weighted by Gasteiger charge is -2.10. The Morgan fingerprint density at radius 1 is 1.44 bits per heavy atom. The maximum absolute atomic E-state index is 9.06. The van der Waals surface area contributed by atoms with E-state index in [9.17, 15) is 0 Å². The zero-order valence-electron chi connectivity index (χ0n) is 10.9. The number of halogens is 1. The molecule has 98 valence electrons. The van der Waals surface area contributed by atoms with Crippen molar-refractivity contribution in [2.75, 3.05) is 25.1 Å². The van der Waals surface area contributed by atoms with E-state index in [-0.39, 0.29) is 0 Å². The van der Waals surface area contributed by atoms with Gasteiger partial charge in [0.1, 0.15) is 6.07 Å². The molecule has 0 aliphatic carbocycles. The van der Waals surface area contributed by atoms with E-state index in [2.05, 4.69) is 41.2 Å². The highest BCUT2D eigenvalue weighted by atomic mass is 79.9. The molecule has 4 heteroatoms. The number of hydrogen-bond donors (Lipinski definition) is 1. The van der Waals surface area contributed by atoms with E-state index in [1.807, 2.05) is 18.2 Å². The van der Waals surface area contributed by atoms with Crippen LogP contribution in [0, 0.1) is 17.2 Å². The van der Waals surface area contributed by atoms with Crippen LogP contribution in [0.25, 0.3) is 0 Å². The third-order valence-electron chi connectivity index (χ3n) is 2.36. The number of nitrogens with one attached hydrogen (secondary N) is 1. The molecule has 1 rings (SSSR count). The summed E-state index contributed by atoms with van der Waals surface area (Å²) >= 11 is 3.37. The van der Waals surface area contributed by atoms with Crippen molar-refractivity contribution in [2.24, 2.45) is 5.92 Å². The first kappa shape index (κ1) is 15.0. The minimum absolute atomic E-state index is 0.577. The van der Waals surface area contributed by atoms with Crippen LogP contribution in [0.2, 0.25) is 0 Å². The Labute approximate surface area is 117 Å². The number of nitrogens with zero attached hydrogens (tertiary/aromatic N) is 1. The Bertz CT molecular complexity index is 413. The minimum Gasteiger partial charge on any atom is -0.384 e. The van der Waals surface area contributed by atoms with Crippen molar-refractivity contribution in [1.29, 1.82) is 5.26 Å². The number of ether oxygens (including phenoxy) is 1. The molecule has 1 aromatic rings. The predicted molar refractivity (Wildman–Crippen MR) is 77.6 cm³/mol. The molecular formula is C14H19BrN2O. The summed E-state index contributed by atoms with van der Waals surface area (Å²) < 4.78 is 6.32. The largest absolute Gasteiger partial charge is 0.384 e. The van der Waals surface area contributed by atoms with Crippen LogP contribution in [0.5, 0.6) is 0 Å². The molecule has 0 saturated carbocycles. The van der Waals surface area contributed by atoms with Crippen molar-refractivity contribution < 1.29 is 4.74 Å². The molecule has 1 aromatic carbocycles. The van der Waals surface area contributed by atoms with Gasteiger partial charge in [0.15, 0.2) is 0 Å². The molecule has 18 heavy (non-hydrogen) atoms. The quantitative estimate of drug-likeness (QED) is 0.779. The molecule has 0 aliphatic heterocycles. The molecule has 0 radical (unpaired) electrons. The van der Waals surface area contributed by atoms with Crippen LogP contribution in [0.3, 0.4) is 0 Å². The van der Waals surface area contributed by atoms with Crippen LogP contribution in [0.4, 0.5) is 5.69 Å². The summed E-state index contributed by atoms with van der Waals surface area (Å²) in [6, 6.07) is 7.89. The van der Waals surface area contributed by atoms with Gasteiger partial charge in [0.05, 0.1) is 11.3 Å². The third-order valence-corrected chi connectivity index (χ3v) is 3.02. The fourth-order valence-corrected chi connectivity index (χ4v) is 1.96. The molecule has 0 spiro atoms. The Morgan fingerprint density at radius 2 is 2.22 bits per heavy atom. The van der Waals surface area contributed by atoms with Crippen LogP contribution >= 0.6 is 15.9 Å². The standard InChI is InChI=1S/C14H19BrN2O/c1-11(2)10-18-8-4-7-17-14-6-3-5-13(15)12(14)9-16/h3,5-6,11,17H,4,7-8,10H2,1-2H3. The highest BCUT2D eigenvalue weighted by molar-refractivity contribution is 9.10. The van der Waals surface area contributed by atoms with Crippen LogP contribution in [0.1, 0.15) is 25.8 Å². The number of hydrogen-bond acceptors (Lipinski definition) is 3. The molecule has 0 saturated heterocycles. The van der Waals surface area contributed by atoms with E-state index in [0.29, 0.717) is 11.5 Å². The summed E-state index contributed by atoms with van der Waals surface area (Å²) in [6.07, 6.45) is 0.935. The van der Waals surface area contributed by atoms with Crippen molar-refractivity contribution in [1.82, 2.24) is 0 Å². The second kappa shape index (κ2) is 8.12. The third kappa shape index (κ3) is 5.07. The van der Waals surface area contributed by atoms with Gasteiger partial charge in [-0.15, -0.1) is 0 Å². The highest BCUT2D eigenvalue weighted by Gasteiger charge is 2.04. The predicted octanol–water partition coefficient (Wildman–Crippen LogP) is 3.80. The molecule has 0 bridgehead atoms. The lowest BCUT2D eigenvalue weighted by atomic mass is 10.2. The Kier molecular flexibility index (Phi) is 6.77. The smallest absolute Gasteiger partial charge is 0.103 e. The molecule has 0 aliphatic rings. The van der Waals surface area contributed by atoms with Crippen molar-refractivity contribution in [3.63, 3.8) is 0 Å². The Hall–Kier alpha value is -1.05. The number of anilines is 1. The van der Waals surface area contributed by atoms with Crippen LogP contribution in [-0.2, 0) is 4.74 Å². The monoisotopic (exact) mass is 310 g/mol. The molecule has 0 atom stereocenters. The SMILES string of the molecule is CC(C)COCCCNc1cccc(Br)c1C#N. The van der Waals surface area contributed by atoms with Gasteiger partial charge >= 0.3 is 0 Å². The van der Waals surface area contributed by atoms with Gasteiger partial charge in [0, 0.05) is 24.2 Å². The van der Waals surface area contributed by atoms with Crippen molar-refractivity contribution >= 4 is 21.6 Å². The highest BCUT2D eigenvalue weighted by Crippen LogP contribution is 2.23. The van der Waals surface area contributed by atoms with Crippen LogP contribution < -0.4 is 5.32 Å². The van der Waals surface area contributed by atoms with Crippen molar-refractivity contribution in [3.8, 4) is 6.07 Å². The molecule has 0 amide bonds. The van der Waals surface area contributed by atoms with Gasteiger partial charge < -0.3 is 10.1 Å². The molecule has 0 unspecified atom stereocenters. The van der Waals surface area contributed by atoms with E-state index >= 15 is 0 Å². The van der Waals surface area contributed by atoms with Crippen molar-refractivity contribution in [3.05, 3.63) is 28.2 Å². The van der Waals surface area contributed by atoms with Gasteiger partial charge in [-0.25, -0.2) is 0 Å². The molecular weight excluding hydrogens is 292 g/mol. The van der Waals surface area contributed by atoms with Gasteiger partial charge in [0.25, 0.3) is 0 Å². The molecule has 3 nitrogen and oxygen atoms in total. The molecule has 0 heterocycles. The zero-order valence-corrected chi connectivity index (χ0v) is 12.5. The van der Waals surface area contributed by atoms with Gasteiger partial charge in [-0.1, -0.05) is 19.9 Å². The molecule has 0 aromatic heterocycles. The van der Waals surface area contributed by atoms with E-state index in [1.54, 1.807) is 0 Å². The minimum atomic E-state index is 0.577. The van der Waals surface area contributed by atoms with E-state index in [1.165, 1.54) is 0 Å². The average Bonchev–Trinajstić information content (AvgIpc) is 2.33. The zero-order chi connectivity index (χ0) is 13.4.